The van der Waals surface area contributed by atoms with Crippen LogP contribution in [-0.4, -0.2) is 6.04 Å². The number of benzene rings is 1. The van der Waals surface area contributed by atoms with E-state index in [1.807, 2.05) is 0 Å². The maximum atomic E-state index is 3.78. The standard InChI is InChI=1S/C17H25N/c1-2-3-6-13-9-10-16-15-8-5-4-7-14(15)12-18-17(16)11-13/h4-5,7-8,13,16-18H,2-3,6,9-12H2,1H3. The van der Waals surface area contributed by atoms with Crippen LogP contribution in [0.3, 0.4) is 0 Å². The van der Waals surface area contributed by atoms with Crippen LogP contribution in [0.15, 0.2) is 24.3 Å². The number of rotatable bonds is 3. The molecule has 0 spiro atoms. The van der Waals surface area contributed by atoms with Crippen molar-refractivity contribution in [2.45, 2.75) is 64.0 Å². The van der Waals surface area contributed by atoms with E-state index in [0.717, 1.165) is 24.4 Å². The van der Waals surface area contributed by atoms with Gasteiger partial charge in [-0.2, -0.15) is 0 Å². The van der Waals surface area contributed by atoms with Crippen molar-refractivity contribution in [3.63, 3.8) is 0 Å². The van der Waals surface area contributed by atoms with Gasteiger partial charge in [-0.15, -0.1) is 0 Å². The molecule has 98 valence electrons. The Morgan fingerprint density at radius 3 is 3.00 bits per heavy atom. The van der Waals surface area contributed by atoms with Gasteiger partial charge in [-0.1, -0.05) is 50.5 Å². The Kier molecular flexibility index (Phi) is 3.69. The average molecular weight is 243 g/mol. The van der Waals surface area contributed by atoms with E-state index in [1.165, 1.54) is 44.1 Å². The molecule has 1 heterocycles. The van der Waals surface area contributed by atoms with Gasteiger partial charge in [0.2, 0.25) is 0 Å². The smallest absolute Gasteiger partial charge is 0.0211 e. The molecule has 3 unspecified atom stereocenters. The summed E-state index contributed by atoms with van der Waals surface area (Å²) in [5.41, 5.74) is 3.17. The Morgan fingerprint density at radius 1 is 1.22 bits per heavy atom. The maximum Gasteiger partial charge on any atom is 0.0211 e. The van der Waals surface area contributed by atoms with Crippen molar-refractivity contribution in [2.24, 2.45) is 5.92 Å². The molecule has 0 radical (unpaired) electrons. The zero-order chi connectivity index (χ0) is 12.4. The normalized spacial score (nSPS) is 30.6. The molecular weight excluding hydrogens is 218 g/mol. The Hall–Kier alpha value is -0.820. The maximum absolute atomic E-state index is 3.78. The van der Waals surface area contributed by atoms with Crippen molar-refractivity contribution in [3.8, 4) is 0 Å². The lowest BCUT2D eigenvalue weighted by Crippen LogP contribution is -2.43. The summed E-state index contributed by atoms with van der Waals surface area (Å²) in [4.78, 5) is 0. The van der Waals surface area contributed by atoms with E-state index in [-0.39, 0.29) is 0 Å². The van der Waals surface area contributed by atoms with E-state index in [9.17, 15) is 0 Å². The van der Waals surface area contributed by atoms with Gasteiger partial charge in [-0.05, 0) is 42.2 Å². The molecule has 1 aromatic rings. The van der Waals surface area contributed by atoms with Crippen molar-refractivity contribution in [3.05, 3.63) is 35.4 Å². The third-order valence-electron chi connectivity index (χ3n) is 4.93. The predicted molar refractivity (Wildman–Crippen MR) is 76.7 cm³/mol. The lowest BCUT2D eigenvalue weighted by Gasteiger charge is -2.41. The fourth-order valence-electron chi connectivity index (χ4n) is 3.91. The third-order valence-corrected chi connectivity index (χ3v) is 4.93. The topological polar surface area (TPSA) is 12.0 Å². The van der Waals surface area contributed by atoms with Gasteiger partial charge in [0.15, 0.2) is 0 Å². The average Bonchev–Trinajstić information content (AvgIpc) is 2.44. The highest BCUT2D eigenvalue weighted by Crippen LogP contribution is 2.41. The molecule has 1 heteroatoms. The first kappa shape index (κ1) is 12.2. The molecule has 1 nitrogen and oxygen atoms in total. The fourth-order valence-corrected chi connectivity index (χ4v) is 3.91. The Morgan fingerprint density at radius 2 is 2.11 bits per heavy atom. The van der Waals surface area contributed by atoms with Gasteiger partial charge in [0, 0.05) is 12.6 Å². The van der Waals surface area contributed by atoms with Crippen molar-refractivity contribution in [1.82, 2.24) is 5.32 Å². The fraction of sp³-hybridized carbons (Fsp3) is 0.647. The zero-order valence-corrected chi connectivity index (χ0v) is 11.5. The Labute approximate surface area is 111 Å². The van der Waals surface area contributed by atoms with Gasteiger partial charge in [0.05, 0.1) is 0 Å². The number of hydrogen-bond acceptors (Lipinski definition) is 1. The first-order chi connectivity index (χ1) is 8.88. The highest BCUT2D eigenvalue weighted by Gasteiger charge is 2.34. The summed E-state index contributed by atoms with van der Waals surface area (Å²) in [6.07, 6.45) is 8.45. The van der Waals surface area contributed by atoms with Gasteiger partial charge < -0.3 is 5.32 Å². The molecule has 0 bridgehead atoms. The number of fused-ring (bicyclic) bond motifs is 3. The molecule has 1 aliphatic heterocycles. The molecule has 3 atom stereocenters. The molecule has 18 heavy (non-hydrogen) atoms. The SMILES string of the molecule is CCCCC1CCC2c3ccccc3CNC2C1. The van der Waals surface area contributed by atoms with Crippen LogP contribution < -0.4 is 5.32 Å². The first-order valence-electron chi connectivity index (χ1n) is 7.69. The lowest BCUT2D eigenvalue weighted by atomic mass is 9.71. The second-order valence-electron chi connectivity index (χ2n) is 6.11. The molecule has 3 rings (SSSR count). The van der Waals surface area contributed by atoms with Crippen LogP contribution in [-0.2, 0) is 6.54 Å². The molecule has 1 aliphatic carbocycles. The van der Waals surface area contributed by atoms with Gasteiger partial charge in [0.1, 0.15) is 0 Å². The summed E-state index contributed by atoms with van der Waals surface area (Å²) >= 11 is 0. The molecule has 1 saturated carbocycles. The van der Waals surface area contributed by atoms with Gasteiger partial charge in [-0.3, -0.25) is 0 Å². The van der Waals surface area contributed by atoms with E-state index in [4.69, 9.17) is 0 Å². The molecule has 0 saturated heterocycles. The van der Waals surface area contributed by atoms with E-state index in [2.05, 4.69) is 36.5 Å². The summed E-state index contributed by atoms with van der Waals surface area (Å²) in [6.45, 7) is 3.39. The largest absolute Gasteiger partial charge is 0.309 e. The van der Waals surface area contributed by atoms with Crippen molar-refractivity contribution < 1.29 is 0 Å². The molecule has 2 aliphatic rings. The number of hydrogen-bond donors (Lipinski definition) is 1. The van der Waals surface area contributed by atoms with Crippen LogP contribution in [0, 0.1) is 5.92 Å². The van der Waals surface area contributed by atoms with Crippen LogP contribution in [0.1, 0.15) is 62.5 Å². The van der Waals surface area contributed by atoms with Crippen LogP contribution in [0.4, 0.5) is 0 Å². The van der Waals surface area contributed by atoms with Crippen molar-refractivity contribution in [1.29, 1.82) is 0 Å². The molecule has 1 aromatic carbocycles. The van der Waals surface area contributed by atoms with Gasteiger partial charge in [0.25, 0.3) is 0 Å². The quantitative estimate of drug-likeness (QED) is 0.837. The number of nitrogens with one attached hydrogen (secondary N) is 1. The third kappa shape index (κ3) is 2.33. The zero-order valence-electron chi connectivity index (χ0n) is 11.5. The van der Waals surface area contributed by atoms with Crippen LogP contribution in [0.25, 0.3) is 0 Å². The summed E-state index contributed by atoms with van der Waals surface area (Å²) in [5.74, 6) is 1.76. The highest BCUT2D eigenvalue weighted by atomic mass is 14.9. The van der Waals surface area contributed by atoms with Gasteiger partial charge >= 0.3 is 0 Å². The van der Waals surface area contributed by atoms with E-state index >= 15 is 0 Å². The van der Waals surface area contributed by atoms with Crippen molar-refractivity contribution >= 4 is 0 Å². The number of unbranched alkanes of at least 4 members (excludes halogenated alkanes) is 1. The van der Waals surface area contributed by atoms with Gasteiger partial charge in [-0.25, -0.2) is 0 Å². The second-order valence-corrected chi connectivity index (χ2v) is 6.11. The summed E-state index contributed by atoms with van der Waals surface area (Å²) < 4.78 is 0. The van der Waals surface area contributed by atoms with Crippen LogP contribution >= 0.6 is 0 Å². The van der Waals surface area contributed by atoms with E-state index < -0.39 is 0 Å². The predicted octanol–water partition coefficient (Wildman–Crippen LogP) is 4.23. The molecule has 0 aromatic heterocycles. The molecular formula is C17H25N. The molecule has 1 N–H and O–H groups in total. The summed E-state index contributed by atoms with van der Waals surface area (Å²) in [6, 6.07) is 9.79. The van der Waals surface area contributed by atoms with Crippen LogP contribution in [0.2, 0.25) is 0 Å². The summed E-state index contributed by atoms with van der Waals surface area (Å²) in [7, 11) is 0. The van der Waals surface area contributed by atoms with E-state index in [0.29, 0.717) is 0 Å². The van der Waals surface area contributed by atoms with Crippen LogP contribution in [0.5, 0.6) is 0 Å². The monoisotopic (exact) mass is 243 g/mol. The molecule has 1 fully saturated rings. The van der Waals surface area contributed by atoms with Crippen molar-refractivity contribution in [2.75, 3.05) is 0 Å². The Bertz CT molecular complexity index is 398. The minimum absolute atomic E-state index is 0.746. The highest BCUT2D eigenvalue weighted by molar-refractivity contribution is 5.34. The van der Waals surface area contributed by atoms with E-state index in [1.54, 1.807) is 5.56 Å². The summed E-state index contributed by atoms with van der Waals surface area (Å²) in [5, 5.41) is 3.78. The lowest BCUT2D eigenvalue weighted by molar-refractivity contribution is 0.228. The first-order valence-corrected chi connectivity index (χ1v) is 7.69. The molecule has 0 amide bonds. The minimum atomic E-state index is 0.746. The Balaban J connectivity index is 1.70. The second kappa shape index (κ2) is 5.44. The minimum Gasteiger partial charge on any atom is -0.309 e.